The number of hydrogen-bond acceptors (Lipinski definition) is 2. The van der Waals surface area contributed by atoms with E-state index in [9.17, 15) is 0 Å². The molecule has 0 spiro atoms. The van der Waals surface area contributed by atoms with E-state index < -0.39 is 0 Å². The van der Waals surface area contributed by atoms with Gasteiger partial charge in [-0.3, -0.25) is 0 Å². The highest BCUT2D eigenvalue weighted by Crippen LogP contribution is 2.25. The van der Waals surface area contributed by atoms with E-state index >= 15 is 0 Å². The summed E-state index contributed by atoms with van der Waals surface area (Å²) in [6.07, 6.45) is 2.81. The molecule has 0 aliphatic rings. The van der Waals surface area contributed by atoms with Crippen LogP contribution < -0.4 is 5.73 Å². The van der Waals surface area contributed by atoms with Crippen molar-refractivity contribution in [2.75, 3.05) is 0 Å². The number of nitrogens with two attached hydrogens (primary N) is 1. The Morgan fingerprint density at radius 2 is 1.84 bits per heavy atom. The van der Waals surface area contributed by atoms with Gasteiger partial charge >= 0.3 is 0 Å². The summed E-state index contributed by atoms with van der Waals surface area (Å²) in [5.41, 5.74) is 9.52. The zero-order chi connectivity index (χ0) is 13.2. The minimum absolute atomic E-state index is 0.0409. The van der Waals surface area contributed by atoms with Crippen molar-refractivity contribution in [2.45, 2.75) is 19.4 Å². The van der Waals surface area contributed by atoms with Crippen LogP contribution in [0.1, 0.15) is 24.9 Å². The Morgan fingerprint density at radius 3 is 2.68 bits per heavy atom. The molecule has 1 aromatic heterocycles. The van der Waals surface area contributed by atoms with Gasteiger partial charge in [-0.1, -0.05) is 43.3 Å². The lowest BCUT2D eigenvalue weighted by Gasteiger charge is -2.15. The van der Waals surface area contributed by atoms with Crippen LogP contribution in [0, 0.1) is 0 Å². The molecular formula is C16H17N3. The molecule has 2 N–H and O–H groups in total. The number of benzene rings is 2. The predicted octanol–water partition coefficient (Wildman–Crippen LogP) is 3.44. The maximum atomic E-state index is 6.20. The summed E-state index contributed by atoms with van der Waals surface area (Å²) in [6, 6.07) is 16.5. The van der Waals surface area contributed by atoms with Gasteiger partial charge in [0.2, 0.25) is 0 Å². The van der Waals surface area contributed by atoms with Crippen LogP contribution in [0.3, 0.4) is 0 Å². The largest absolute Gasteiger partial charge is 0.324 e. The van der Waals surface area contributed by atoms with Crippen LogP contribution in [-0.4, -0.2) is 9.78 Å². The Balaban J connectivity index is 2.22. The smallest absolute Gasteiger partial charge is 0.0741 e. The molecule has 96 valence electrons. The van der Waals surface area contributed by atoms with Crippen molar-refractivity contribution in [3.63, 3.8) is 0 Å². The normalized spacial score (nSPS) is 12.7. The maximum absolute atomic E-state index is 6.20. The summed E-state index contributed by atoms with van der Waals surface area (Å²) in [6.45, 7) is 2.10. The van der Waals surface area contributed by atoms with Crippen LogP contribution in [0.5, 0.6) is 0 Å². The first kappa shape index (κ1) is 11.9. The molecule has 0 saturated carbocycles. The van der Waals surface area contributed by atoms with E-state index in [-0.39, 0.29) is 6.04 Å². The Hall–Kier alpha value is -2.13. The van der Waals surface area contributed by atoms with E-state index in [2.05, 4.69) is 36.3 Å². The molecule has 0 bridgehead atoms. The number of para-hydroxylation sites is 2. The highest BCUT2D eigenvalue weighted by Gasteiger charge is 2.12. The van der Waals surface area contributed by atoms with Gasteiger partial charge in [0.15, 0.2) is 0 Å². The number of nitrogens with zero attached hydrogens (tertiary/aromatic N) is 2. The first-order valence-corrected chi connectivity index (χ1v) is 6.59. The van der Waals surface area contributed by atoms with Gasteiger partial charge in [-0.2, -0.15) is 5.10 Å². The van der Waals surface area contributed by atoms with Crippen LogP contribution in [-0.2, 0) is 0 Å². The summed E-state index contributed by atoms with van der Waals surface area (Å²) < 4.78 is 1.97. The average molecular weight is 251 g/mol. The number of hydrogen-bond donors (Lipinski definition) is 1. The lowest BCUT2D eigenvalue weighted by atomic mass is 10.0. The summed E-state index contributed by atoms with van der Waals surface area (Å²) in [5.74, 6) is 0. The quantitative estimate of drug-likeness (QED) is 0.775. The Labute approximate surface area is 112 Å². The van der Waals surface area contributed by atoms with Crippen molar-refractivity contribution in [2.24, 2.45) is 5.73 Å². The first-order valence-electron chi connectivity index (χ1n) is 6.59. The average Bonchev–Trinajstić information content (AvgIpc) is 2.90. The Kier molecular flexibility index (Phi) is 3.05. The second-order valence-corrected chi connectivity index (χ2v) is 4.69. The fraction of sp³-hybridized carbons (Fsp3) is 0.188. The van der Waals surface area contributed by atoms with Gasteiger partial charge in [0.05, 0.1) is 17.4 Å². The number of aromatic nitrogens is 2. The van der Waals surface area contributed by atoms with Gasteiger partial charge in [0.1, 0.15) is 0 Å². The van der Waals surface area contributed by atoms with E-state index in [1.54, 1.807) is 0 Å². The summed E-state index contributed by atoms with van der Waals surface area (Å²) in [5, 5.41) is 5.65. The van der Waals surface area contributed by atoms with Gasteiger partial charge < -0.3 is 5.73 Å². The Morgan fingerprint density at radius 1 is 1.11 bits per heavy atom. The van der Waals surface area contributed by atoms with Crippen LogP contribution in [0.25, 0.3) is 16.6 Å². The van der Waals surface area contributed by atoms with Crippen LogP contribution in [0.2, 0.25) is 0 Å². The van der Waals surface area contributed by atoms with Crippen molar-refractivity contribution < 1.29 is 0 Å². The molecule has 1 atom stereocenters. The van der Waals surface area contributed by atoms with Crippen LogP contribution in [0.4, 0.5) is 0 Å². The molecule has 1 unspecified atom stereocenters. The zero-order valence-electron chi connectivity index (χ0n) is 11.0. The topological polar surface area (TPSA) is 43.8 Å². The van der Waals surface area contributed by atoms with Crippen LogP contribution in [0.15, 0.2) is 54.7 Å². The van der Waals surface area contributed by atoms with E-state index in [4.69, 9.17) is 5.73 Å². The van der Waals surface area contributed by atoms with Crippen molar-refractivity contribution in [3.8, 4) is 5.69 Å². The third-order valence-electron chi connectivity index (χ3n) is 3.48. The molecule has 2 aromatic carbocycles. The highest BCUT2D eigenvalue weighted by atomic mass is 15.3. The van der Waals surface area contributed by atoms with Crippen molar-refractivity contribution in [1.82, 2.24) is 9.78 Å². The number of fused-ring (bicyclic) bond motifs is 1. The molecule has 0 fully saturated rings. The van der Waals surface area contributed by atoms with Crippen molar-refractivity contribution in [3.05, 3.63) is 60.3 Å². The molecule has 0 saturated heterocycles. The SMILES string of the molecule is CCC(N)c1ccccc1-n1ncc2ccccc21. The molecular weight excluding hydrogens is 234 g/mol. The van der Waals surface area contributed by atoms with Crippen molar-refractivity contribution in [1.29, 1.82) is 0 Å². The van der Waals surface area contributed by atoms with Gasteiger partial charge in [0.25, 0.3) is 0 Å². The second-order valence-electron chi connectivity index (χ2n) is 4.69. The highest BCUT2D eigenvalue weighted by molar-refractivity contribution is 5.80. The summed E-state index contributed by atoms with van der Waals surface area (Å²) in [4.78, 5) is 0. The van der Waals surface area contributed by atoms with Gasteiger partial charge in [-0.15, -0.1) is 0 Å². The third-order valence-corrected chi connectivity index (χ3v) is 3.48. The molecule has 3 aromatic rings. The molecule has 3 rings (SSSR count). The number of rotatable bonds is 3. The van der Waals surface area contributed by atoms with Gasteiger partial charge in [-0.25, -0.2) is 4.68 Å². The van der Waals surface area contributed by atoms with Gasteiger partial charge in [-0.05, 0) is 24.1 Å². The van der Waals surface area contributed by atoms with E-state index in [0.29, 0.717) is 0 Å². The zero-order valence-corrected chi connectivity index (χ0v) is 11.0. The maximum Gasteiger partial charge on any atom is 0.0741 e. The monoisotopic (exact) mass is 251 g/mol. The minimum atomic E-state index is 0.0409. The molecule has 1 heterocycles. The van der Waals surface area contributed by atoms with E-state index in [1.807, 2.05) is 35.1 Å². The molecule has 0 aliphatic heterocycles. The summed E-state index contributed by atoms with van der Waals surface area (Å²) >= 11 is 0. The molecule has 0 amide bonds. The fourth-order valence-corrected chi connectivity index (χ4v) is 2.38. The standard InChI is InChI=1S/C16H17N3/c1-2-14(17)13-8-4-6-10-16(13)19-15-9-5-3-7-12(15)11-18-19/h3-11,14H,2,17H2,1H3. The third kappa shape index (κ3) is 2.02. The molecule has 0 aliphatic carbocycles. The van der Waals surface area contributed by atoms with Crippen LogP contribution >= 0.6 is 0 Å². The predicted molar refractivity (Wildman–Crippen MR) is 78.3 cm³/mol. The lowest BCUT2D eigenvalue weighted by molar-refractivity contribution is 0.688. The molecule has 3 heteroatoms. The first-order chi connectivity index (χ1) is 9.31. The lowest BCUT2D eigenvalue weighted by Crippen LogP contribution is -2.12. The second kappa shape index (κ2) is 4.86. The summed E-state index contributed by atoms with van der Waals surface area (Å²) in [7, 11) is 0. The Bertz CT molecular complexity index is 700. The molecule has 0 radical (unpaired) electrons. The molecule has 19 heavy (non-hydrogen) atoms. The van der Waals surface area contributed by atoms with E-state index in [1.165, 1.54) is 0 Å². The van der Waals surface area contributed by atoms with E-state index in [0.717, 1.165) is 28.6 Å². The van der Waals surface area contributed by atoms with Gasteiger partial charge in [0, 0.05) is 11.4 Å². The van der Waals surface area contributed by atoms with Crippen molar-refractivity contribution >= 4 is 10.9 Å². The molecule has 3 nitrogen and oxygen atoms in total. The minimum Gasteiger partial charge on any atom is -0.324 e. The fourth-order valence-electron chi connectivity index (χ4n) is 2.38.